The fourth-order valence-corrected chi connectivity index (χ4v) is 2.63. The lowest BCUT2D eigenvalue weighted by atomic mass is 10.1. The van der Waals surface area contributed by atoms with E-state index in [2.05, 4.69) is 9.83 Å². The van der Waals surface area contributed by atoms with Crippen LogP contribution >= 0.6 is 0 Å². The Morgan fingerprint density at radius 3 is 2.59 bits per heavy atom. The fraction of sp³-hybridized carbons (Fsp3) is 0. The summed E-state index contributed by atoms with van der Waals surface area (Å²) in [5.41, 5.74) is 2.23. The molecule has 0 N–H and O–H groups in total. The van der Waals surface area contributed by atoms with Crippen LogP contribution in [-0.2, 0) is 0 Å². The van der Waals surface area contributed by atoms with Gasteiger partial charge in [-0.3, -0.25) is 4.98 Å². The Bertz CT molecular complexity index is 1050. The van der Waals surface area contributed by atoms with E-state index in [1.165, 1.54) is 6.07 Å². The molecule has 0 aliphatic rings. The van der Waals surface area contributed by atoms with Crippen molar-refractivity contribution < 1.29 is 8.81 Å². The topological polar surface area (TPSA) is 30.4 Å². The van der Waals surface area contributed by atoms with Crippen molar-refractivity contribution in [2.75, 3.05) is 0 Å². The van der Waals surface area contributed by atoms with Gasteiger partial charge in [-0.25, -0.2) is 9.24 Å². The molecule has 0 aliphatic heterocycles. The number of aromatic nitrogens is 1. The Kier molecular flexibility index (Phi) is 2.67. The number of para-hydroxylation sites is 1. The molecule has 0 unspecified atom stereocenters. The molecule has 4 aromatic rings. The SMILES string of the molecule is [C-]#[N+]c1ccc2c(oc3c(-c4ccccn4)cccc32)c1F. The highest BCUT2D eigenvalue weighted by Gasteiger charge is 2.17. The normalized spacial score (nSPS) is 10.9. The summed E-state index contributed by atoms with van der Waals surface area (Å²) in [5, 5.41) is 1.48. The number of halogens is 1. The molecule has 2 heterocycles. The first-order valence-electron chi connectivity index (χ1n) is 6.72. The molecule has 22 heavy (non-hydrogen) atoms. The van der Waals surface area contributed by atoms with Crippen molar-refractivity contribution in [1.29, 1.82) is 0 Å². The number of pyridine rings is 1. The zero-order valence-corrected chi connectivity index (χ0v) is 11.4. The maximum absolute atomic E-state index is 14.3. The molecular formula is C18H9FN2O. The summed E-state index contributed by atoms with van der Waals surface area (Å²) in [6, 6.07) is 14.5. The largest absolute Gasteiger partial charge is 0.454 e. The first-order chi connectivity index (χ1) is 10.8. The lowest BCUT2D eigenvalue weighted by Crippen LogP contribution is -1.81. The second-order valence-corrected chi connectivity index (χ2v) is 4.89. The molecule has 0 amide bonds. The van der Waals surface area contributed by atoms with Crippen LogP contribution in [0.4, 0.5) is 10.1 Å². The molecule has 2 aromatic carbocycles. The maximum atomic E-state index is 14.3. The monoisotopic (exact) mass is 288 g/mol. The van der Waals surface area contributed by atoms with Crippen molar-refractivity contribution in [3.63, 3.8) is 0 Å². The molecular weight excluding hydrogens is 279 g/mol. The summed E-state index contributed by atoms with van der Waals surface area (Å²) in [7, 11) is 0. The highest BCUT2D eigenvalue weighted by Crippen LogP contribution is 2.38. The molecule has 0 aliphatic carbocycles. The zero-order valence-electron chi connectivity index (χ0n) is 11.4. The second-order valence-electron chi connectivity index (χ2n) is 4.89. The van der Waals surface area contributed by atoms with E-state index >= 15 is 0 Å². The van der Waals surface area contributed by atoms with Gasteiger partial charge in [0, 0.05) is 22.5 Å². The van der Waals surface area contributed by atoms with Crippen LogP contribution in [0.5, 0.6) is 0 Å². The summed E-state index contributed by atoms with van der Waals surface area (Å²) in [6.45, 7) is 7.00. The van der Waals surface area contributed by atoms with Gasteiger partial charge in [-0.05, 0) is 18.2 Å². The van der Waals surface area contributed by atoms with E-state index in [-0.39, 0.29) is 11.3 Å². The van der Waals surface area contributed by atoms with E-state index in [9.17, 15) is 4.39 Å². The Balaban J connectivity index is 2.12. The zero-order chi connectivity index (χ0) is 15.1. The Labute approximate surface area is 125 Å². The number of hydrogen-bond acceptors (Lipinski definition) is 2. The third kappa shape index (κ3) is 1.69. The molecule has 4 rings (SSSR count). The van der Waals surface area contributed by atoms with Gasteiger partial charge < -0.3 is 4.42 Å². The van der Waals surface area contributed by atoms with Crippen LogP contribution in [-0.4, -0.2) is 4.98 Å². The minimum Gasteiger partial charge on any atom is -0.454 e. The van der Waals surface area contributed by atoms with Gasteiger partial charge in [0.15, 0.2) is 11.4 Å². The number of fused-ring (bicyclic) bond motifs is 3. The first kappa shape index (κ1) is 12.5. The molecule has 0 spiro atoms. The average Bonchev–Trinajstić information content (AvgIpc) is 2.96. The van der Waals surface area contributed by atoms with Crippen LogP contribution < -0.4 is 0 Å². The van der Waals surface area contributed by atoms with Crippen LogP contribution in [0.15, 0.2) is 59.1 Å². The van der Waals surface area contributed by atoms with Crippen LogP contribution in [0.2, 0.25) is 0 Å². The maximum Gasteiger partial charge on any atom is 0.225 e. The summed E-state index contributed by atoms with van der Waals surface area (Å²) >= 11 is 0. The average molecular weight is 288 g/mol. The van der Waals surface area contributed by atoms with Crippen molar-refractivity contribution in [2.24, 2.45) is 0 Å². The number of nitrogens with zero attached hydrogens (tertiary/aromatic N) is 2. The summed E-state index contributed by atoms with van der Waals surface area (Å²) in [6.07, 6.45) is 1.70. The molecule has 0 fully saturated rings. The van der Waals surface area contributed by atoms with E-state index in [1.54, 1.807) is 12.3 Å². The minimum absolute atomic E-state index is 0.0362. The number of rotatable bonds is 1. The molecule has 2 aromatic heterocycles. The fourth-order valence-electron chi connectivity index (χ4n) is 2.63. The van der Waals surface area contributed by atoms with Crippen LogP contribution in [0.3, 0.4) is 0 Å². The molecule has 4 heteroatoms. The van der Waals surface area contributed by atoms with Crippen molar-refractivity contribution in [2.45, 2.75) is 0 Å². The molecule has 3 nitrogen and oxygen atoms in total. The van der Waals surface area contributed by atoms with Crippen molar-refractivity contribution in [1.82, 2.24) is 4.98 Å². The highest BCUT2D eigenvalue weighted by atomic mass is 19.1. The van der Waals surface area contributed by atoms with Gasteiger partial charge in [0.25, 0.3) is 0 Å². The van der Waals surface area contributed by atoms with Crippen molar-refractivity contribution in [3.05, 3.63) is 72.0 Å². The van der Waals surface area contributed by atoms with E-state index in [1.807, 2.05) is 36.4 Å². The molecule has 104 valence electrons. The number of furan rings is 1. The Morgan fingerprint density at radius 1 is 0.955 bits per heavy atom. The molecule has 0 bridgehead atoms. The van der Waals surface area contributed by atoms with Crippen LogP contribution in [0, 0.1) is 12.4 Å². The van der Waals surface area contributed by atoms with Gasteiger partial charge in [0.2, 0.25) is 5.69 Å². The van der Waals surface area contributed by atoms with E-state index in [0.29, 0.717) is 11.0 Å². The van der Waals surface area contributed by atoms with Gasteiger partial charge in [-0.15, -0.1) is 0 Å². The third-order valence-corrected chi connectivity index (χ3v) is 3.65. The van der Waals surface area contributed by atoms with Crippen LogP contribution in [0.1, 0.15) is 0 Å². The quantitative estimate of drug-likeness (QED) is 0.443. The number of benzene rings is 2. The number of hydrogen-bond donors (Lipinski definition) is 0. The molecule has 0 atom stereocenters. The van der Waals surface area contributed by atoms with Gasteiger partial charge >= 0.3 is 0 Å². The molecule has 0 saturated carbocycles. The van der Waals surface area contributed by atoms with Crippen LogP contribution in [0.25, 0.3) is 38.0 Å². The van der Waals surface area contributed by atoms with Crippen molar-refractivity contribution in [3.8, 4) is 11.3 Å². The predicted octanol–water partition coefficient (Wildman–Crippen LogP) is 5.34. The second kappa shape index (κ2) is 4.68. The van der Waals surface area contributed by atoms with Gasteiger partial charge in [0.05, 0.1) is 12.3 Å². The lowest BCUT2D eigenvalue weighted by molar-refractivity contribution is 0.588. The lowest BCUT2D eigenvalue weighted by Gasteiger charge is -2.00. The Morgan fingerprint density at radius 2 is 1.82 bits per heavy atom. The smallest absolute Gasteiger partial charge is 0.225 e. The predicted molar refractivity (Wildman–Crippen MR) is 83.2 cm³/mol. The van der Waals surface area contributed by atoms with Gasteiger partial charge in [-0.2, -0.15) is 0 Å². The summed E-state index contributed by atoms with van der Waals surface area (Å²) in [5.74, 6) is -0.615. The van der Waals surface area contributed by atoms with E-state index in [0.717, 1.165) is 16.6 Å². The Hall–Kier alpha value is -3.19. The van der Waals surface area contributed by atoms with Crippen molar-refractivity contribution >= 4 is 27.6 Å². The minimum atomic E-state index is -0.615. The summed E-state index contributed by atoms with van der Waals surface area (Å²) in [4.78, 5) is 7.50. The summed E-state index contributed by atoms with van der Waals surface area (Å²) < 4.78 is 20.1. The van der Waals surface area contributed by atoms with Gasteiger partial charge in [-0.1, -0.05) is 30.3 Å². The molecule has 0 radical (unpaired) electrons. The van der Waals surface area contributed by atoms with Gasteiger partial charge in [0.1, 0.15) is 5.58 Å². The molecule has 0 saturated heterocycles. The highest BCUT2D eigenvalue weighted by molar-refractivity contribution is 6.10. The third-order valence-electron chi connectivity index (χ3n) is 3.65. The first-order valence-corrected chi connectivity index (χ1v) is 6.72. The van der Waals surface area contributed by atoms with E-state index in [4.69, 9.17) is 11.0 Å². The standard InChI is InChI=1S/C18H9FN2O/c1-20-15-9-8-12-11-5-4-6-13(14-7-2-3-10-21-14)17(11)22-18(12)16(15)19/h2-10H. The van der Waals surface area contributed by atoms with E-state index < -0.39 is 5.82 Å².